The van der Waals surface area contributed by atoms with Gasteiger partial charge < -0.3 is 4.52 Å². The standard InChI is InChI=1S/C10H8N4O/c1-7-3-5-12-6-8(7)10-13-9(2-4-11)15-14-10/h3,5-6H,2H2,1H3. The maximum absolute atomic E-state index is 8.46. The molecule has 0 amide bonds. The van der Waals surface area contributed by atoms with Gasteiger partial charge in [0, 0.05) is 18.0 Å². The van der Waals surface area contributed by atoms with Crippen molar-refractivity contribution >= 4 is 0 Å². The quantitative estimate of drug-likeness (QED) is 0.734. The van der Waals surface area contributed by atoms with Crippen LogP contribution < -0.4 is 0 Å². The Morgan fingerprint density at radius 3 is 3.13 bits per heavy atom. The van der Waals surface area contributed by atoms with Crippen molar-refractivity contribution in [2.24, 2.45) is 0 Å². The van der Waals surface area contributed by atoms with Gasteiger partial charge in [0.2, 0.25) is 11.7 Å². The van der Waals surface area contributed by atoms with Gasteiger partial charge in [0.15, 0.2) is 0 Å². The highest BCUT2D eigenvalue weighted by atomic mass is 16.5. The molecule has 2 heterocycles. The number of aromatic nitrogens is 3. The average molecular weight is 200 g/mol. The van der Waals surface area contributed by atoms with Crippen molar-refractivity contribution < 1.29 is 4.52 Å². The van der Waals surface area contributed by atoms with Gasteiger partial charge >= 0.3 is 0 Å². The zero-order chi connectivity index (χ0) is 10.7. The molecule has 0 aliphatic heterocycles. The summed E-state index contributed by atoms with van der Waals surface area (Å²) in [4.78, 5) is 8.08. The van der Waals surface area contributed by atoms with Crippen molar-refractivity contribution in [2.75, 3.05) is 0 Å². The first-order valence-corrected chi connectivity index (χ1v) is 4.42. The van der Waals surface area contributed by atoms with Crippen molar-refractivity contribution in [3.63, 3.8) is 0 Å². The molecule has 2 rings (SSSR count). The van der Waals surface area contributed by atoms with E-state index in [2.05, 4.69) is 15.1 Å². The van der Waals surface area contributed by atoms with E-state index in [1.165, 1.54) is 0 Å². The molecule has 0 fully saturated rings. The summed E-state index contributed by atoms with van der Waals surface area (Å²) in [5.41, 5.74) is 1.85. The Kier molecular flexibility index (Phi) is 2.42. The molecular weight excluding hydrogens is 192 g/mol. The smallest absolute Gasteiger partial charge is 0.241 e. The van der Waals surface area contributed by atoms with Gasteiger partial charge in [0.25, 0.3) is 0 Å². The zero-order valence-corrected chi connectivity index (χ0v) is 8.14. The lowest BCUT2D eigenvalue weighted by Gasteiger charge is -1.96. The van der Waals surface area contributed by atoms with Crippen LogP contribution in [0, 0.1) is 18.3 Å². The van der Waals surface area contributed by atoms with Gasteiger partial charge in [-0.15, -0.1) is 0 Å². The van der Waals surface area contributed by atoms with Gasteiger partial charge in [-0.25, -0.2) is 0 Å². The zero-order valence-electron chi connectivity index (χ0n) is 8.14. The second-order valence-electron chi connectivity index (χ2n) is 3.04. The highest BCUT2D eigenvalue weighted by Gasteiger charge is 2.09. The first-order valence-electron chi connectivity index (χ1n) is 4.42. The van der Waals surface area contributed by atoms with Crippen LogP contribution >= 0.6 is 0 Å². The fourth-order valence-electron chi connectivity index (χ4n) is 1.20. The maximum atomic E-state index is 8.46. The van der Waals surface area contributed by atoms with Crippen molar-refractivity contribution in [3.05, 3.63) is 29.9 Å². The number of rotatable bonds is 2. The van der Waals surface area contributed by atoms with Gasteiger partial charge in [-0.2, -0.15) is 10.2 Å². The second kappa shape index (κ2) is 3.88. The minimum absolute atomic E-state index is 0.131. The number of nitrogens with zero attached hydrogens (tertiary/aromatic N) is 4. The monoisotopic (exact) mass is 200 g/mol. The predicted molar refractivity (Wildman–Crippen MR) is 51.6 cm³/mol. The van der Waals surface area contributed by atoms with Crippen LogP contribution in [-0.2, 0) is 6.42 Å². The van der Waals surface area contributed by atoms with Gasteiger partial charge in [-0.05, 0) is 18.6 Å². The lowest BCUT2D eigenvalue weighted by molar-refractivity contribution is 0.388. The lowest BCUT2D eigenvalue weighted by Crippen LogP contribution is -1.87. The Bertz CT molecular complexity index is 512. The number of hydrogen-bond acceptors (Lipinski definition) is 5. The molecule has 15 heavy (non-hydrogen) atoms. The minimum Gasteiger partial charge on any atom is -0.338 e. The topological polar surface area (TPSA) is 75.6 Å². The summed E-state index contributed by atoms with van der Waals surface area (Å²) in [7, 11) is 0. The summed E-state index contributed by atoms with van der Waals surface area (Å²) >= 11 is 0. The van der Waals surface area contributed by atoms with Crippen LogP contribution in [-0.4, -0.2) is 15.1 Å². The van der Waals surface area contributed by atoms with Gasteiger partial charge in [0.05, 0.1) is 6.07 Å². The van der Waals surface area contributed by atoms with Crippen LogP contribution in [0.25, 0.3) is 11.4 Å². The van der Waals surface area contributed by atoms with E-state index in [0.717, 1.165) is 11.1 Å². The fraction of sp³-hybridized carbons (Fsp3) is 0.200. The van der Waals surface area contributed by atoms with E-state index in [1.54, 1.807) is 12.4 Å². The number of aryl methyl sites for hydroxylation is 1. The normalized spacial score (nSPS) is 9.87. The van der Waals surface area contributed by atoms with Crippen molar-refractivity contribution in [2.45, 2.75) is 13.3 Å². The number of pyridine rings is 1. The molecule has 2 aromatic rings. The fourth-order valence-corrected chi connectivity index (χ4v) is 1.20. The van der Waals surface area contributed by atoms with E-state index in [9.17, 15) is 0 Å². The summed E-state index contributed by atoms with van der Waals surface area (Å²) < 4.78 is 4.90. The molecule has 74 valence electrons. The van der Waals surface area contributed by atoms with Gasteiger partial charge in [-0.3, -0.25) is 4.98 Å². The van der Waals surface area contributed by atoms with Crippen molar-refractivity contribution in [1.82, 2.24) is 15.1 Å². The number of nitriles is 1. The van der Waals surface area contributed by atoms with Crippen LogP contribution in [0.3, 0.4) is 0 Å². The van der Waals surface area contributed by atoms with E-state index in [0.29, 0.717) is 11.7 Å². The largest absolute Gasteiger partial charge is 0.338 e. The van der Waals surface area contributed by atoms with Gasteiger partial charge in [-0.1, -0.05) is 5.16 Å². The summed E-state index contributed by atoms with van der Waals surface area (Å²) in [6.07, 6.45) is 3.51. The minimum atomic E-state index is 0.131. The molecule has 0 saturated heterocycles. The molecular formula is C10H8N4O. The maximum Gasteiger partial charge on any atom is 0.241 e. The van der Waals surface area contributed by atoms with Crippen molar-refractivity contribution in [1.29, 1.82) is 5.26 Å². The van der Waals surface area contributed by atoms with E-state index < -0.39 is 0 Å². The summed E-state index contributed by atoms with van der Waals surface area (Å²) in [5.74, 6) is 0.807. The highest BCUT2D eigenvalue weighted by molar-refractivity contribution is 5.57. The molecule has 5 nitrogen and oxygen atoms in total. The van der Waals surface area contributed by atoms with Crippen LogP contribution in [0.15, 0.2) is 23.0 Å². The van der Waals surface area contributed by atoms with Crippen LogP contribution in [0.1, 0.15) is 11.5 Å². The average Bonchev–Trinajstić information content (AvgIpc) is 2.68. The number of hydrogen-bond donors (Lipinski definition) is 0. The van der Waals surface area contributed by atoms with Gasteiger partial charge in [0.1, 0.15) is 6.42 Å². The van der Waals surface area contributed by atoms with E-state index >= 15 is 0 Å². The SMILES string of the molecule is Cc1ccncc1-c1noc(CC#N)n1. The summed E-state index contributed by atoms with van der Waals surface area (Å²) in [6, 6.07) is 3.82. The molecule has 0 radical (unpaired) electrons. The highest BCUT2D eigenvalue weighted by Crippen LogP contribution is 2.18. The predicted octanol–water partition coefficient (Wildman–Crippen LogP) is 1.51. The Balaban J connectivity index is 2.38. The Morgan fingerprint density at radius 2 is 2.40 bits per heavy atom. The molecule has 0 N–H and O–H groups in total. The summed E-state index contributed by atoms with van der Waals surface area (Å²) in [6.45, 7) is 1.94. The van der Waals surface area contributed by atoms with Crippen molar-refractivity contribution in [3.8, 4) is 17.5 Å². The first-order chi connectivity index (χ1) is 7.31. The van der Waals surface area contributed by atoms with Crippen LogP contribution in [0.5, 0.6) is 0 Å². The third-order valence-corrected chi connectivity index (χ3v) is 1.98. The molecule has 0 aliphatic carbocycles. The third kappa shape index (κ3) is 1.83. The molecule has 5 heteroatoms. The third-order valence-electron chi connectivity index (χ3n) is 1.98. The molecule has 0 unspecified atom stereocenters. The van der Waals surface area contributed by atoms with E-state index in [1.807, 2.05) is 19.1 Å². The molecule has 0 atom stereocenters. The van der Waals surface area contributed by atoms with Crippen LogP contribution in [0.4, 0.5) is 0 Å². The summed E-state index contributed by atoms with van der Waals surface area (Å²) in [5, 5.41) is 12.3. The second-order valence-corrected chi connectivity index (χ2v) is 3.04. The molecule has 2 aromatic heterocycles. The molecule has 0 saturated carbocycles. The molecule has 0 spiro atoms. The van der Waals surface area contributed by atoms with Crippen LogP contribution in [0.2, 0.25) is 0 Å². The lowest BCUT2D eigenvalue weighted by atomic mass is 10.1. The van der Waals surface area contributed by atoms with E-state index in [4.69, 9.17) is 9.78 Å². The Hall–Kier alpha value is -2.22. The first kappa shape index (κ1) is 9.34. The molecule has 0 aromatic carbocycles. The Labute approximate surface area is 86.4 Å². The Morgan fingerprint density at radius 1 is 1.53 bits per heavy atom. The molecule has 0 aliphatic rings. The molecule has 0 bridgehead atoms. The van der Waals surface area contributed by atoms with E-state index in [-0.39, 0.29) is 6.42 Å².